The quantitative estimate of drug-likeness (QED) is 0.120. The molecule has 22 aromatic rings. The van der Waals surface area contributed by atoms with Gasteiger partial charge in [0, 0.05) is 77.3 Å². The topological polar surface area (TPSA) is 59.0 Å². The monoisotopic (exact) mass is 1520 g/mol. The van der Waals surface area contributed by atoms with Crippen molar-refractivity contribution in [3.63, 3.8) is 0 Å². The van der Waals surface area contributed by atoms with Gasteiger partial charge in [0.1, 0.15) is 44.7 Å². The molecule has 558 valence electrons. The number of hydrogen-bond acceptors (Lipinski definition) is 6. The Morgan fingerprint density at radius 1 is 0.218 bits per heavy atom. The molecule has 6 nitrogen and oxygen atoms in total. The molecule has 4 aromatic heterocycles. The minimum absolute atomic E-state index is 0.112. The van der Waals surface area contributed by atoms with E-state index in [0.717, 1.165) is 238 Å². The maximum Gasteiger partial charge on any atom is 0.252 e. The lowest BCUT2D eigenvalue weighted by molar-refractivity contribution is 0.590. The Kier molecular flexibility index (Phi) is 15.3. The van der Waals surface area contributed by atoms with Crippen molar-refractivity contribution in [3.8, 4) is 100 Å². The van der Waals surface area contributed by atoms with Crippen molar-refractivity contribution in [2.75, 3.05) is 9.80 Å². The minimum atomic E-state index is -0.433. The van der Waals surface area contributed by atoms with E-state index < -0.39 is 6.71 Å². The van der Waals surface area contributed by atoms with Gasteiger partial charge < -0.3 is 27.5 Å². The molecule has 0 atom stereocenters. The first-order chi connectivity index (χ1) is 58.7. The van der Waals surface area contributed by atoms with Crippen molar-refractivity contribution in [1.29, 1.82) is 0 Å². The number of hydrogen-bond donors (Lipinski definition) is 0. The second-order valence-electron chi connectivity index (χ2n) is 32.8. The second-order valence-corrected chi connectivity index (χ2v) is 32.8. The zero-order valence-corrected chi connectivity index (χ0v) is 65.6. The highest BCUT2D eigenvalue weighted by Gasteiger charge is 2.47. The SMILES string of the molecule is CC(C)(C)c1ccc(-c2cc3c4c(c2)N(c2c(-c5ccc(-c6ccccc6)cc5)cc(-c5ccccc5)c5oc6ccccc6c25)c2ccc(-c5cccc6oc7ccccc7c56)cc2B4c2cc(-c4cccc5oc6ccccc6c45)ccc2N3c2c(-c3ccc(-c4ccccc4)cc3)cc(-c3ccccc3)c3oc4ccccc4c23)cc1. The number of rotatable bonds is 11. The highest BCUT2D eigenvalue weighted by atomic mass is 16.3. The van der Waals surface area contributed by atoms with E-state index in [0.29, 0.717) is 0 Å². The summed E-state index contributed by atoms with van der Waals surface area (Å²) in [6.45, 7) is 6.47. The third-order valence-corrected chi connectivity index (χ3v) is 25.0. The molecule has 0 spiro atoms. The zero-order valence-electron chi connectivity index (χ0n) is 65.6. The lowest BCUT2D eigenvalue weighted by Crippen LogP contribution is -2.61. The lowest BCUT2D eigenvalue weighted by Gasteiger charge is -2.45. The number of benzene rings is 18. The van der Waals surface area contributed by atoms with E-state index in [1.807, 2.05) is 0 Å². The molecule has 0 saturated carbocycles. The fraction of sp³-hybridized carbons (Fsp3) is 0.0357. The van der Waals surface area contributed by atoms with Crippen LogP contribution in [0.15, 0.2) is 406 Å². The van der Waals surface area contributed by atoms with Crippen LogP contribution in [0.5, 0.6) is 0 Å². The Hall–Kier alpha value is -15.2. The molecule has 18 aromatic carbocycles. The number of para-hydroxylation sites is 4. The molecule has 2 aliphatic heterocycles. The average molecular weight is 1520 g/mol. The van der Waals surface area contributed by atoms with Gasteiger partial charge >= 0.3 is 0 Å². The molecule has 6 heterocycles. The summed E-state index contributed by atoms with van der Waals surface area (Å²) in [5.41, 5.74) is 36.5. The Bertz CT molecular complexity index is 7430. The van der Waals surface area contributed by atoms with Crippen molar-refractivity contribution in [2.45, 2.75) is 26.2 Å². The van der Waals surface area contributed by atoms with Crippen molar-refractivity contribution in [3.05, 3.63) is 394 Å². The molecule has 0 radical (unpaired) electrons. The van der Waals surface area contributed by atoms with Crippen LogP contribution in [-0.2, 0) is 5.41 Å². The van der Waals surface area contributed by atoms with Gasteiger partial charge in [0.2, 0.25) is 0 Å². The number of anilines is 6. The smallest absolute Gasteiger partial charge is 0.252 e. The number of nitrogens with zero attached hydrogens (tertiary/aromatic N) is 2. The summed E-state index contributed by atoms with van der Waals surface area (Å²) in [4.78, 5) is 5.31. The molecule has 0 aliphatic carbocycles. The molecule has 0 bridgehead atoms. The van der Waals surface area contributed by atoms with E-state index in [-0.39, 0.29) is 5.41 Å². The molecule has 24 rings (SSSR count). The van der Waals surface area contributed by atoms with E-state index in [1.54, 1.807) is 0 Å². The van der Waals surface area contributed by atoms with Gasteiger partial charge in [-0.25, -0.2) is 0 Å². The average Bonchev–Trinajstić information content (AvgIpc) is 1.60. The van der Waals surface area contributed by atoms with E-state index in [1.165, 1.54) is 5.56 Å². The van der Waals surface area contributed by atoms with Crippen LogP contribution < -0.4 is 26.2 Å². The standard InChI is InChI=1S/C112H73BN2O4/c1-112(2,3)80-58-54-72(55-59-80)79-64-95-107-96(65-79)115(109-88(76-52-48-71(49-53-76)69-28-10-5-11-29-69)67-90(74-32-14-7-15-33-74)111-106(109)86-37-19-23-43-100(86)119-111)94-61-57-78(82-39-25-45-102-104(82)84-35-17-21-41-98(84)117-102)63-92(94)113(107)91-62-77(81-38-24-44-101-103(81)83-34-16-20-40-97(83)116-101)56-60-93(91)114(95)108-87(75-50-46-70(47-51-75)68-26-8-4-9-27-68)66-89(73-30-12-6-13-31-73)110-105(108)85-36-18-22-42-99(85)118-110/h4-67H,1-3H3. The fourth-order valence-electron chi connectivity index (χ4n) is 19.5. The van der Waals surface area contributed by atoms with Crippen LogP contribution in [-0.4, -0.2) is 6.71 Å². The Labute approximate surface area is 688 Å². The molecular weight excluding hydrogens is 1450 g/mol. The number of fused-ring (bicyclic) bond motifs is 16. The van der Waals surface area contributed by atoms with Crippen LogP contribution in [0.25, 0.3) is 188 Å². The maximum atomic E-state index is 7.53. The van der Waals surface area contributed by atoms with E-state index >= 15 is 0 Å². The molecule has 0 fully saturated rings. The Balaban J connectivity index is 0.890. The minimum Gasteiger partial charge on any atom is -0.456 e. The summed E-state index contributed by atoms with van der Waals surface area (Å²) < 4.78 is 28.7. The zero-order chi connectivity index (χ0) is 78.7. The van der Waals surface area contributed by atoms with Crippen LogP contribution in [0.3, 0.4) is 0 Å². The molecule has 0 unspecified atom stereocenters. The summed E-state index contributed by atoms with van der Waals surface area (Å²) in [5, 5.41) is 8.29. The predicted molar refractivity (Wildman–Crippen MR) is 497 cm³/mol. The number of furan rings is 4. The molecule has 7 heteroatoms. The van der Waals surface area contributed by atoms with Crippen molar-refractivity contribution < 1.29 is 17.7 Å². The van der Waals surface area contributed by atoms with Crippen LogP contribution in [0, 0.1) is 0 Å². The van der Waals surface area contributed by atoms with E-state index in [9.17, 15) is 0 Å². The lowest BCUT2D eigenvalue weighted by atomic mass is 9.33. The highest BCUT2D eigenvalue weighted by Crippen LogP contribution is 2.58. The van der Waals surface area contributed by atoms with Gasteiger partial charge in [-0.05, 0) is 178 Å². The van der Waals surface area contributed by atoms with Crippen LogP contribution in [0.1, 0.15) is 26.3 Å². The maximum absolute atomic E-state index is 7.53. The fourth-order valence-corrected chi connectivity index (χ4v) is 19.5. The van der Waals surface area contributed by atoms with Crippen molar-refractivity contribution in [1.82, 2.24) is 0 Å². The van der Waals surface area contributed by atoms with Gasteiger partial charge in [0.05, 0.1) is 22.1 Å². The largest absolute Gasteiger partial charge is 0.456 e. The molecular formula is C112H73BN2O4. The summed E-state index contributed by atoms with van der Waals surface area (Å²) in [6.07, 6.45) is 0. The van der Waals surface area contributed by atoms with Gasteiger partial charge in [-0.1, -0.05) is 336 Å². The summed E-state index contributed by atoms with van der Waals surface area (Å²) in [5.74, 6) is 0. The van der Waals surface area contributed by atoms with Crippen molar-refractivity contribution in [2.24, 2.45) is 0 Å². The third kappa shape index (κ3) is 10.8. The van der Waals surface area contributed by atoms with E-state index in [4.69, 9.17) is 17.7 Å². The molecule has 0 amide bonds. The van der Waals surface area contributed by atoms with Crippen LogP contribution >= 0.6 is 0 Å². The molecule has 119 heavy (non-hydrogen) atoms. The predicted octanol–water partition coefficient (Wildman–Crippen LogP) is 29.7. The Morgan fingerprint density at radius 2 is 0.529 bits per heavy atom. The van der Waals surface area contributed by atoms with E-state index in [2.05, 4.69) is 419 Å². The third-order valence-electron chi connectivity index (χ3n) is 25.0. The van der Waals surface area contributed by atoms with Crippen molar-refractivity contribution >= 4 is 145 Å². The van der Waals surface area contributed by atoms with Gasteiger partial charge in [0.15, 0.2) is 0 Å². The molecule has 2 aliphatic rings. The summed E-state index contributed by atoms with van der Waals surface area (Å²) in [7, 11) is 0. The van der Waals surface area contributed by atoms with Crippen LogP contribution in [0.2, 0.25) is 0 Å². The van der Waals surface area contributed by atoms with Gasteiger partial charge in [-0.3, -0.25) is 0 Å². The highest BCUT2D eigenvalue weighted by molar-refractivity contribution is 7.00. The normalized spacial score (nSPS) is 12.6. The van der Waals surface area contributed by atoms with Crippen LogP contribution in [0.4, 0.5) is 34.1 Å². The first-order valence-corrected chi connectivity index (χ1v) is 41.0. The first kappa shape index (κ1) is 68.2. The second kappa shape index (κ2) is 26.7. The molecule has 0 saturated heterocycles. The van der Waals surface area contributed by atoms with Gasteiger partial charge in [0.25, 0.3) is 6.71 Å². The van der Waals surface area contributed by atoms with Gasteiger partial charge in [-0.2, -0.15) is 0 Å². The first-order valence-electron chi connectivity index (χ1n) is 41.0. The summed E-state index contributed by atoms with van der Waals surface area (Å²) >= 11 is 0. The molecule has 0 N–H and O–H groups in total. The van der Waals surface area contributed by atoms with Gasteiger partial charge in [-0.15, -0.1) is 0 Å². The summed E-state index contributed by atoms with van der Waals surface area (Å²) in [6, 6.07) is 143. The Morgan fingerprint density at radius 3 is 0.933 bits per heavy atom.